The minimum Gasteiger partial charge on any atom is -0.311 e. The SMILES string of the molecule is CCC(CC)n1ccc(CNCC2CCC(C)CC2)n1. The third kappa shape index (κ3) is 4.34. The van der Waals surface area contributed by atoms with Crippen molar-refractivity contribution in [1.82, 2.24) is 15.1 Å². The molecular formula is C17H31N3. The van der Waals surface area contributed by atoms with E-state index in [1.54, 1.807) is 0 Å². The molecule has 1 aliphatic rings. The molecule has 0 aromatic carbocycles. The molecule has 2 rings (SSSR count). The van der Waals surface area contributed by atoms with Gasteiger partial charge in [-0.1, -0.05) is 33.6 Å². The van der Waals surface area contributed by atoms with E-state index < -0.39 is 0 Å². The van der Waals surface area contributed by atoms with Crippen LogP contribution in [0.3, 0.4) is 0 Å². The van der Waals surface area contributed by atoms with Crippen LogP contribution in [-0.4, -0.2) is 16.3 Å². The molecule has 1 fully saturated rings. The highest BCUT2D eigenvalue weighted by Gasteiger charge is 2.17. The van der Waals surface area contributed by atoms with Gasteiger partial charge in [-0.2, -0.15) is 5.10 Å². The van der Waals surface area contributed by atoms with Gasteiger partial charge in [-0.15, -0.1) is 0 Å². The first-order chi connectivity index (χ1) is 9.72. The van der Waals surface area contributed by atoms with Crippen LogP contribution in [0.1, 0.15) is 71.0 Å². The standard InChI is InChI=1S/C17H31N3/c1-4-17(5-2)20-11-10-16(19-20)13-18-12-15-8-6-14(3)7-9-15/h10-11,14-15,17-18H,4-9,12-13H2,1-3H3. The molecule has 0 aliphatic heterocycles. The van der Waals surface area contributed by atoms with Gasteiger partial charge >= 0.3 is 0 Å². The van der Waals surface area contributed by atoms with Gasteiger partial charge in [0.1, 0.15) is 0 Å². The van der Waals surface area contributed by atoms with Gasteiger partial charge in [-0.3, -0.25) is 4.68 Å². The van der Waals surface area contributed by atoms with Crippen LogP contribution in [0.4, 0.5) is 0 Å². The summed E-state index contributed by atoms with van der Waals surface area (Å²) in [5, 5.41) is 8.30. The summed E-state index contributed by atoms with van der Waals surface area (Å²) in [5.74, 6) is 1.83. The Kier molecular flexibility index (Phi) is 6.08. The van der Waals surface area contributed by atoms with Crippen LogP contribution in [-0.2, 0) is 6.54 Å². The third-order valence-electron chi connectivity index (χ3n) is 4.85. The number of aromatic nitrogens is 2. The largest absolute Gasteiger partial charge is 0.311 e. The minimum atomic E-state index is 0.559. The van der Waals surface area contributed by atoms with Crippen LogP contribution in [0.2, 0.25) is 0 Å². The molecule has 0 bridgehead atoms. The number of hydrogen-bond donors (Lipinski definition) is 1. The van der Waals surface area contributed by atoms with Gasteiger partial charge in [0.05, 0.1) is 11.7 Å². The highest BCUT2D eigenvalue weighted by Crippen LogP contribution is 2.27. The van der Waals surface area contributed by atoms with Gasteiger partial charge in [0, 0.05) is 12.7 Å². The molecule has 3 heteroatoms. The molecule has 0 unspecified atom stereocenters. The van der Waals surface area contributed by atoms with Gasteiger partial charge in [0.2, 0.25) is 0 Å². The quantitative estimate of drug-likeness (QED) is 0.811. The smallest absolute Gasteiger partial charge is 0.0762 e. The maximum atomic E-state index is 4.70. The van der Waals surface area contributed by atoms with Crippen molar-refractivity contribution < 1.29 is 0 Å². The molecule has 1 aliphatic carbocycles. The summed E-state index contributed by atoms with van der Waals surface area (Å²) in [7, 11) is 0. The molecular weight excluding hydrogens is 246 g/mol. The normalized spacial score (nSPS) is 23.4. The molecule has 0 amide bonds. The summed E-state index contributed by atoms with van der Waals surface area (Å²) in [6.45, 7) is 8.92. The van der Waals surface area contributed by atoms with Crippen LogP contribution < -0.4 is 5.32 Å². The molecule has 0 radical (unpaired) electrons. The first-order valence-corrected chi connectivity index (χ1v) is 8.47. The molecule has 3 nitrogen and oxygen atoms in total. The topological polar surface area (TPSA) is 29.9 Å². The Labute approximate surface area is 124 Å². The third-order valence-corrected chi connectivity index (χ3v) is 4.85. The molecule has 114 valence electrons. The van der Waals surface area contributed by atoms with Crippen molar-refractivity contribution in [2.75, 3.05) is 6.54 Å². The average molecular weight is 277 g/mol. The van der Waals surface area contributed by atoms with E-state index in [2.05, 4.69) is 43.0 Å². The van der Waals surface area contributed by atoms with Crippen molar-refractivity contribution in [3.8, 4) is 0 Å². The maximum Gasteiger partial charge on any atom is 0.0762 e. The van der Waals surface area contributed by atoms with E-state index in [-0.39, 0.29) is 0 Å². The van der Waals surface area contributed by atoms with Crippen LogP contribution >= 0.6 is 0 Å². The van der Waals surface area contributed by atoms with E-state index in [0.717, 1.165) is 37.8 Å². The molecule has 0 atom stereocenters. The number of nitrogens with one attached hydrogen (secondary N) is 1. The Morgan fingerprint density at radius 3 is 2.60 bits per heavy atom. The van der Waals surface area contributed by atoms with E-state index in [4.69, 9.17) is 5.10 Å². The fourth-order valence-electron chi connectivity index (χ4n) is 3.28. The minimum absolute atomic E-state index is 0.559. The van der Waals surface area contributed by atoms with Crippen molar-refractivity contribution in [2.24, 2.45) is 11.8 Å². The van der Waals surface area contributed by atoms with Gasteiger partial charge < -0.3 is 5.32 Å². The lowest BCUT2D eigenvalue weighted by molar-refractivity contribution is 0.281. The van der Waals surface area contributed by atoms with E-state index in [1.807, 2.05) is 0 Å². The Morgan fingerprint density at radius 1 is 1.25 bits per heavy atom. The van der Waals surface area contributed by atoms with E-state index in [0.29, 0.717) is 6.04 Å². The van der Waals surface area contributed by atoms with Gasteiger partial charge in [-0.05, 0) is 50.1 Å². The lowest BCUT2D eigenvalue weighted by atomic mass is 9.83. The number of rotatable bonds is 7. The summed E-state index contributed by atoms with van der Waals surface area (Å²) in [5.41, 5.74) is 1.18. The van der Waals surface area contributed by atoms with Gasteiger partial charge in [0.25, 0.3) is 0 Å². The van der Waals surface area contributed by atoms with Crippen LogP contribution in [0.15, 0.2) is 12.3 Å². The van der Waals surface area contributed by atoms with Crippen molar-refractivity contribution in [3.05, 3.63) is 18.0 Å². The molecule has 1 aromatic rings. The second kappa shape index (κ2) is 7.82. The Hall–Kier alpha value is -0.830. The summed E-state index contributed by atoms with van der Waals surface area (Å²) in [4.78, 5) is 0. The van der Waals surface area contributed by atoms with Crippen LogP contribution in [0, 0.1) is 11.8 Å². The second-order valence-electron chi connectivity index (χ2n) is 6.51. The van der Waals surface area contributed by atoms with E-state index in [9.17, 15) is 0 Å². The monoisotopic (exact) mass is 277 g/mol. The molecule has 1 heterocycles. The first kappa shape index (κ1) is 15.6. The molecule has 20 heavy (non-hydrogen) atoms. The zero-order chi connectivity index (χ0) is 14.4. The number of hydrogen-bond acceptors (Lipinski definition) is 2. The Morgan fingerprint density at radius 2 is 1.95 bits per heavy atom. The second-order valence-corrected chi connectivity index (χ2v) is 6.51. The zero-order valence-electron chi connectivity index (χ0n) is 13.4. The summed E-state index contributed by atoms with van der Waals surface area (Å²) >= 11 is 0. The predicted molar refractivity (Wildman–Crippen MR) is 84.7 cm³/mol. The Bertz CT molecular complexity index is 373. The number of nitrogens with zero attached hydrogens (tertiary/aromatic N) is 2. The predicted octanol–water partition coefficient (Wildman–Crippen LogP) is 4.16. The van der Waals surface area contributed by atoms with Crippen LogP contribution in [0.5, 0.6) is 0 Å². The molecule has 1 aromatic heterocycles. The van der Waals surface area contributed by atoms with Crippen molar-refractivity contribution in [3.63, 3.8) is 0 Å². The van der Waals surface area contributed by atoms with Crippen LogP contribution in [0.25, 0.3) is 0 Å². The maximum absolute atomic E-state index is 4.70. The summed E-state index contributed by atoms with van der Waals surface area (Å²) < 4.78 is 2.14. The highest BCUT2D eigenvalue weighted by molar-refractivity contribution is 4.99. The molecule has 1 N–H and O–H groups in total. The van der Waals surface area contributed by atoms with Crippen molar-refractivity contribution >= 4 is 0 Å². The highest BCUT2D eigenvalue weighted by atomic mass is 15.3. The fourth-order valence-corrected chi connectivity index (χ4v) is 3.28. The van der Waals surface area contributed by atoms with Gasteiger partial charge in [0.15, 0.2) is 0 Å². The average Bonchev–Trinajstić information content (AvgIpc) is 2.91. The lowest BCUT2D eigenvalue weighted by Gasteiger charge is -2.26. The molecule has 0 saturated heterocycles. The van der Waals surface area contributed by atoms with Crippen molar-refractivity contribution in [1.29, 1.82) is 0 Å². The van der Waals surface area contributed by atoms with Crippen molar-refractivity contribution in [2.45, 2.75) is 71.9 Å². The fraction of sp³-hybridized carbons (Fsp3) is 0.824. The zero-order valence-corrected chi connectivity index (χ0v) is 13.4. The summed E-state index contributed by atoms with van der Waals surface area (Å²) in [6.07, 6.45) is 10.1. The van der Waals surface area contributed by atoms with E-state index >= 15 is 0 Å². The Balaban J connectivity index is 1.71. The van der Waals surface area contributed by atoms with E-state index in [1.165, 1.54) is 31.4 Å². The molecule has 1 saturated carbocycles. The molecule has 0 spiro atoms. The lowest BCUT2D eigenvalue weighted by Crippen LogP contribution is -2.26. The van der Waals surface area contributed by atoms with Gasteiger partial charge in [-0.25, -0.2) is 0 Å². The summed E-state index contributed by atoms with van der Waals surface area (Å²) in [6, 6.07) is 2.72. The first-order valence-electron chi connectivity index (χ1n) is 8.47.